The van der Waals surface area contributed by atoms with Crippen LogP contribution in [-0.4, -0.2) is 35.8 Å². The highest BCUT2D eigenvalue weighted by Gasteiger charge is 2.17. The number of rotatable bonds is 7. The SMILES string of the molecule is S=C(NCC1CCCO1)N(CCc1ccccc1)Cc1ccccc1. The zero-order valence-corrected chi connectivity index (χ0v) is 15.4. The van der Waals surface area contributed by atoms with Gasteiger partial charge in [-0.25, -0.2) is 0 Å². The highest BCUT2D eigenvalue weighted by molar-refractivity contribution is 7.80. The first kappa shape index (κ1) is 17.9. The van der Waals surface area contributed by atoms with Crippen molar-refractivity contribution in [2.45, 2.75) is 31.9 Å². The second kappa shape index (κ2) is 9.54. The van der Waals surface area contributed by atoms with Gasteiger partial charge < -0.3 is 15.0 Å². The molecule has 3 rings (SSSR count). The Morgan fingerprint density at radius 3 is 2.36 bits per heavy atom. The molecule has 0 bridgehead atoms. The first-order valence-electron chi connectivity index (χ1n) is 9.03. The van der Waals surface area contributed by atoms with E-state index in [-0.39, 0.29) is 0 Å². The largest absolute Gasteiger partial charge is 0.376 e. The van der Waals surface area contributed by atoms with Crippen LogP contribution in [0.15, 0.2) is 60.7 Å². The summed E-state index contributed by atoms with van der Waals surface area (Å²) in [7, 11) is 0. The third-order valence-electron chi connectivity index (χ3n) is 4.52. The minimum absolute atomic E-state index is 0.297. The fourth-order valence-electron chi connectivity index (χ4n) is 3.08. The van der Waals surface area contributed by atoms with Gasteiger partial charge in [0.2, 0.25) is 0 Å². The molecule has 1 N–H and O–H groups in total. The van der Waals surface area contributed by atoms with Gasteiger partial charge in [-0.05, 0) is 42.6 Å². The Kier molecular flexibility index (Phi) is 6.83. The number of thiocarbonyl (C=S) groups is 1. The number of hydrogen-bond acceptors (Lipinski definition) is 2. The van der Waals surface area contributed by atoms with Crippen LogP contribution in [0.5, 0.6) is 0 Å². The summed E-state index contributed by atoms with van der Waals surface area (Å²) in [6.07, 6.45) is 3.56. The third kappa shape index (κ3) is 5.83. The van der Waals surface area contributed by atoms with Gasteiger partial charge in [-0.1, -0.05) is 60.7 Å². The highest BCUT2D eigenvalue weighted by atomic mass is 32.1. The highest BCUT2D eigenvalue weighted by Crippen LogP contribution is 2.12. The molecular formula is C21H26N2OS. The summed E-state index contributed by atoms with van der Waals surface area (Å²) in [6.45, 7) is 3.40. The van der Waals surface area contributed by atoms with Crippen LogP contribution in [0.3, 0.4) is 0 Å². The lowest BCUT2D eigenvalue weighted by Crippen LogP contribution is -2.43. The summed E-state index contributed by atoms with van der Waals surface area (Å²) in [4.78, 5) is 2.26. The molecule has 1 heterocycles. The first-order chi connectivity index (χ1) is 12.3. The summed E-state index contributed by atoms with van der Waals surface area (Å²) < 4.78 is 5.69. The molecule has 1 fully saturated rings. The minimum Gasteiger partial charge on any atom is -0.376 e. The average molecular weight is 355 g/mol. The Morgan fingerprint density at radius 2 is 1.72 bits per heavy atom. The summed E-state index contributed by atoms with van der Waals surface area (Å²) >= 11 is 5.68. The molecule has 132 valence electrons. The van der Waals surface area contributed by atoms with E-state index in [9.17, 15) is 0 Å². The van der Waals surface area contributed by atoms with Crippen molar-refractivity contribution in [3.05, 3.63) is 71.8 Å². The van der Waals surface area contributed by atoms with Gasteiger partial charge in [0.15, 0.2) is 5.11 Å². The zero-order valence-electron chi connectivity index (χ0n) is 14.6. The van der Waals surface area contributed by atoms with Crippen LogP contribution in [-0.2, 0) is 17.7 Å². The van der Waals surface area contributed by atoms with E-state index in [1.165, 1.54) is 11.1 Å². The van der Waals surface area contributed by atoms with Crippen LogP contribution in [0.1, 0.15) is 24.0 Å². The van der Waals surface area contributed by atoms with Gasteiger partial charge in [-0.15, -0.1) is 0 Å². The van der Waals surface area contributed by atoms with E-state index in [0.717, 1.165) is 50.6 Å². The predicted octanol–water partition coefficient (Wildman–Crippen LogP) is 3.78. The van der Waals surface area contributed by atoms with E-state index < -0.39 is 0 Å². The molecule has 2 aromatic carbocycles. The summed E-state index contributed by atoms with van der Waals surface area (Å²) in [5, 5.41) is 4.23. The summed E-state index contributed by atoms with van der Waals surface area (Å²) in [5.74, 6) is 0. The monoisotopic (exact) mass is 354 g/mol. The molecule has 1 atom stereocenters. The Labute approximate surface area is 156 Å². The number of nitrogens with one attached hydrogen (secondary N) is 1. The van der Waals surface area contributed by atoms with Crippen molar-refractivity contribution in [2.75, 3.05) is 19.7 Å². The second-order valence-corrected chi connectivity index (χ2v) is 6.85. The molecule has 0 radical (unpaired) electrons. The number of nitrogens with zero attached hydrogens (tertiary/aromatic N) is 1. The maximum atomic E-state index is 5.69. The molecule has 0 aromatic heterocycles. The lowest BCUT2D eigenvalue weighted by Gasteiger charge is -2.27. The van der Waals surface area contributed by atoms with Crippen molar-refractivity contribution < 1.29 is 4.74 Å². The quantitative estimate of drug-likeness (QED) is 0.765. The molecule has 0 amide bonds. The van der Waals surface area contributed by atoms with Gasteiger partial charge in [-0.3, -0.25) is 0 Å². The predicted molar refractivity (Wildman–Crippen MR) is 107 cm³/mol. The van der Waals surface area contributed by atoms with Crippen molar-refractivity contribution >= 4 is 17.3 Å². The zero-order chi connectivity index (χ0) is 17.3. The Bertz CT molecular complexity index is 641. The van der Waals surface area contributed by atoms with Crippen LogP contribution in [0.2, 0.25) is 0 Å². The maximum Gasteiger partial charge on any atom is 0.169 e. The van der Waals surface area contributed by atoms with E-state index in [0.29, 0.717) is 6.10 Å². The van der Waals surface area contributed by atoms with Gasteiger partial charge in [0.1, 0.15) is 0 Å². The minimum atomic E-state index is 0.297. The van der Waals surface area contributed by atoms with Crippen molar-refractivity contribution in [3.8, 4) is 0 Å². The van der Waals surface area contributed by atoms with E-state index in [1.807, 2.05) is 6.07 Å². The first-order valence-corrected chi connectivity index (χ1v) is 9.44. The molecule has 25 heavy (non-hydrogen) atoms. The Hall–Kier alpha value is -1.91. The fourth-order valence-corrected chi connectivity index (χ4v) is 3.32. The molecule has 3 nitrogen and oxygen atoms in total. The normalized spacial score (nSPS) is 16.6. The summed E-state index contributed by atoms with van der Waals surface area (Å²) in [6, 6.07) is 21.1. The summed E-state index contributed by atoms with van der Waals surface area (Å²) in [5.41, 5.74) is 2.61. The van der Waals surface area contributed by atoms with Gasteiger partial charge >= 0.3 is 0 Å². The topological polar surface area (TPSA) is 24.5 Å². The molecule has 0 spiro atoms. The molecular weight excluding hydrogens is 328 g/mol. The second-order valence-electron chi connectivity index (χ2n) is 6.46. The van der Waals surface area contributed by atoms with Crippen molar-refractivity contribution in [1.29, 1.82) is 0 Å². The van der Waals surface area contributed by atoms with E-state index in [1.54, 1.807) is 0 Å². The molecule has 4 heteroatoms. The average Bonchev–Trinajstić information content (AvgIpc) is 3.18. The van der Waals surface area contributed by atoms with E-state index in [2.05, 4.69) is 64.8 Å². The molecule has 1 aliphatic rings. The number of ether oxygens (including phenoxy) is 1. The van der Waals surface area contributed by atoms with Crippen molar-refractivity contribution in [3.63, 3.8) is 0 Å². The maximum absolute atomic E-state index is 5.69. The molecule has 1 unspecified atom stereocenters. The molecule has 1 aliphatic heterocycles. The van der Waals surface area contributed by atoms with Crippen LogP contribution < -0.4 is 5.32 Å². The molecule has 1 saturated heterocycles. The lowest BCUT2D eigenvalue weighted by molar-refractivity contribution is 0.113. The third-order valence-corrected chi connectivity index (χ3v) is 4.92. The lowest BCUT2D eigenvalue weighted by atomic mass is 10.1. The smallest absolute Gasteiger partial charge is 0.169 e. The van der Waals surface area contributed by atoms with Crippen LogP contribution in [0.4, 0.5) is 0 Å². The van der Waals surface area contributed by atoms with Gasteiger partial charge in [-0.2, -0.15) is 0 Å². The Balaban J connectivity index is 1.59. The molecule has 0 saturated carbocycles. The van der Waals surface area contributed by atoms with E-state index in [4.69, 9.17) is 17.0 Å². The van der Waals surface area contributed by atoms with Gasteiger partial charge in [0.05, 0.1) is 6.10 Å². The van der Waals surface area contributed by atoms with Gasteiger partial charge in [0.25, 0.3) is 0 Å². The van der Waals surface area contributed by atoms with Crippen LogP contribution in [0.25, 0.3) is 0 Å². The van der Waals surface area contributed by atoms with Crippen molar-refractivity contribution in [2.24, 2.45) is 0 Å². The number of benzene rings is 2. The van der Waals surface area contributed by atoms with Gasteiger partial charge in [0, 0.05) is 26.2 Å². The fraction of sp³-hybridized carbons (Fsp3) is 0.381. The standard InChI is InChI=1S/C21H26N2OS/c25-21(22-16-20-12-7-15-24-20)23(17-19-10-5-2-6-11-19)14-13-18-8-3-1-4-9-18/h1-6,8-11,20H,7,12-17H2,(H,22,25). The molecule has 2 aromatic rings. The van der Waals surface area contributed by atoms with Crippen LogP contribution >= 0.6 is 12.2 Å². The van der Waals surface area contributed by atoms with Crippen LogP contribution in [0, 0.1) is 0 Å². The van der Waals surface area contributed by atoms with E-state index >= 15 is 0 Å². The Morgan fingerprint density at radius 1 is 1.04 bits per heavy atom. The number of hydrogen-bond donors (Lipinski definition) is 1. The molecule has 0 aliphatic carbocycles. The van der Waals surface area contributed by atoms with Crippen molar-refractivity contribution in [1.82, 2.24) is 10.2 Å².